The van der Waals surface area contributed by atoms with Crippen LogP contribution in [0.4, 0.5) is 0 Å². The van der Waals surface area contributed by atoms with Crippen molar-refractivity contribution in [3.63, 3.8) is 0 Å². The maximum atomic E-state index is 9.09. The third-order valence-electron chi connectivity index (χ3n) is 2.63. The highest BCUT2D eigenvalue weighted by Crippen LogP contribution is 2.37. The van der Waals surface area contributed by atoms with E-state index in [2.05, 4.69) is 5.32 Å². The first-order valence-electron chi connectivity index (χ1n) is 6.03. The van der Waals surface area contributed by atoms with Crippen LogP contribution in [0, 0.1) is 0 Å². The summed E-state index contributed by atoms with van der Waals surface area (Å²) >= 11 is 12.2. The van der Waals surface area contributed by atoms with Crippen molar-refractivity contribution in [1.82, 2.24) is 5.32 Å². The SMILES string of the molecule is CCCOc1c(Cl)cc(Cl)cc1C(CCO)NC. The van der Waals surface area contributed by atoms with Crippen molar-refractivity contribution in [2.45, 2.75) is 25.8 Å². The highest BCUT2D eigenvalue weighted by molar-refractivity contribution is 6.35. The second kappa shape index (κ2) is 7.85. The van der Waals surface area contributed by atoms with Gasteiger partial charge in [0.2, 0.25) is 0 Å². The lowest BCUT2D eigenvalue weighted by Crippen LogP contribution is -2.19. The van der Waals surface area contributed by atoms with Crippen molar-refractivity contribution < 1.29 is 9.84 Å². The summed E-state index contributed by atoms with van der Waals surface area (Å²) in [7, 11) is 1.83. The number of aliphatic hydroxyl groups is 1. The standard InChI is InChI=1S/C13H19Cl2NO2/c1-3-6-18-13-10(12(16-2)4-5-17)7-9(14)8-11(13)15/h7-8,12,16-17H,3-6H2,1-2H3. The number of hydrogen-bond donors (Lipinski definition) is 2. The summed E-state index contributed by atoms with van der Waals surface area (Å²) in [4.78, 5) is 0. The lowest BCUT2D eigenvalue weighted by molar-refractivity contribution is 0.264. The van der Waals surface area contributed by atoms with Crippen molar-refractivity contribution >= 4 is 23.2 Å². The minimum atomic E-state index is -0.0296. The number of aliphatic hydroxyl groups excluding tert-OH is 1. The zero-order valence-corrected chi connectivity index (χ0v) is 12.2. The molecule has 102 valence electrons. The lowest BCUT2D eigenvalue weighted by Gasteiger charge is -2.20. The largest absolute Gasteiger partial charge is 0.492 e. The normalized spacial score (nSPS) is 12.5. The Hall–Kier alpha value is -0.480. The fourth-order valence-corrected chi connectivity index (χ4v) is 2.34. The number of nitrogens with one attached hydrogen (secondary N) is 1. The molecule has 0 radical (unpaired) electrons. The molecule has 0 saturated carbocycles. The second-order valence-electron chi connectivity index (χ2n) is 4.01. The molecule has 0 aliphatic carbocycles. The van der Waals surface area contributed by atoms with E-state index >= 15 is 0 Å². The number of benzene rings is 1. The predicted octanol–water partition coefficient (Wildman–Crippen LogP) is 3.43. The molecule has 0 aliphatic heterocycles. The van der Waals surface area contributed by atoms with Gasteiger partial charge in [0.25, 0.3) is 0 Å². The Morgan fingerprint density at radius 2 is 2.11 bits per heavy atom. The van der Waals surface area contributed by atoms with Gasteiger partial charge >= 0.3 is 0 Å². The third kappa shape index (κ3) is 4.02. The minimum Gasteiger partial charge on any atom is -0.492 e. The van der Waals surface area contributed by atoms with Crippen molar-refractivity contribution in [3.8, 4) is 5.75 Å². The molecule has 5 heteroatoms. The van der Waals surface area contributed by atoms with Gasteiger partial charge in [-0.1, -0.05) is 30.1 Å². The molecule has 0 aliphatic rings. The molecule has 3 nitrogen and oxygen atoms in total. The average molecular weight is 292 g/mol. The first-order valence-corrected chi connectivity index (χ1v) is 6.79. The van der Waals surface area contributed by atoms with Gasteiger partial charge in [-0.3, -0.25) is 0 Å². The van der Waals surface area contributed by atoms with Crippen LogP contribution in [-0.2, 0) is 0 Å². The molecule has 2 N–H and O–H groups in total. The highest BCUT2D eigenvalue weighted by Gasteiger charge is 2.18. The molecule has 0 amide bonds. The Kier molecular flexibility index (Phi) is 6.79. The van der Waals surface area contributed by atoms with Crippen LogP contribution in [0.15, 0.2) is 12.1 Å². The Bertz CT molecular complexity index is 385. The number of ether oxygens (including phenoxy) is 1. The van der Waals surface area contributed by atoms with Gasteiger partial charge in [0.1, 0.15) is 5.75 Å². The van der Waals surface area contributed by atoms with Crippen LogP contribution >= 0.6 is 23.2 Å². The summed E-state index contributed by atoms with van der Waals surface area (Å²) in [5.41, 5.74) is 0.887. The Morgan fingerprint density at radius 3 is 2.67 bits per heavy atom. The number of rotatable bonds is 7. The van der Waals surface area contributed by atoms with Crippen LogP contribution in [0.1, 0.15) is 31.4 Å². The van der Waals surface area contributed by atoms with Gasteiger partial charge in [0, 0.05) is 23.2 Å². The molecule has 1 aromatic rings. The van der Waals surface area contributed by atoms with E-state index in [9.17, 15) is 0 Å². The summed E-state index contributed by atoms with van der Waals surface area (Å²) in [6.07, 6.45) is 1.48. The number of halogens is 2. The van der Waals surface area contributed by atoms with Crippen molar-refractivity contribution in [2.75, 3.05) is 20.3 Å². The van der Waals surface area contributed by atoms with Crippen molar-refractivity contribution in [2.24, 2.45) is 0 Å². The van der Waals surface area contributed by atoms with Crippen LogP contribution in [0.25, 0.3) is 0 Å². The van der Waals surface area contributed by atoms with Gasteiger partial charge in [-0.15, -0.1) is 0 Å². The third-order valence-corrected chi connectivity index (χ3v) is 3.13. The minimum absolute atomic E-state index is 0.0296. The smallest absolute Gasteiger partial charge is 0.142 e. The summed E-state index contributed by atoms with van der Waals surface area (Å²) < 4.78 is 5.69. The Labute approximate surface area is 118 Å². The summed E-state index contributed by atoms with van der Waals surface area (Å²) in [6, 6.07) is 3.47. The monoisotopic (exact) mass is 291 g/mol. The van der Waals surface area contributed by atoms with E-state index in [1.807, 2.05) is 20.0 Å². The molecular formula is C13H19Cl2NO2. The summed E-state index contributed by atoms with van der Waals surface area (Å²) in [5, 5.41) is 13.3. The van der Waals surface area contributed by atoms with E-state index < -0.39 is 0 Å². The fraction of sp³-hybridized carbons (Fsp3) is 0.538. The van der Waals surface area contributed by atoms with E-state index in [1.54, 1.807) is 6.07 Å². The Balaban J connectivity index is 3.12. The summed E-state index contributed by atoms with van der Waals surface area (Å²) in [6.45, 7) is 2.72. The first-order chi connectivity index (χ1) is 8.63. The van der Waals surface area contributed by atoms with Crippen LogP contribution < -0.4 is 10.1 Å². The molecule has 18 heavy (non-hydrogen) atoms. The van der Waals surface area contributed by atoms with Gasteiger partial charge in [0.15, 0.2) is 0 Å². The number of hydrogen-bond acceptors (Lipinski definition) is 3. The van der Waals surface area contributed by atoms with E-state index in [0.29, 0.717) is 28.8 Å². The Morgan fingerprint density at radius 1 is 1.39 bits per heavy atom. The van der Waals surface area contributed by atoms with Crippen molar-refractivity contribution in [3.05, 3.63) is 27.7 Å². The van der Waals surface area contributed by atoms with E-state index in [-0.39, 0.29) is 12.6 Å². The van der Waals surface area contributed by atoms with Gasteiger partial charge in [0.05, 0.1) is 11.6 Å². The van der Waals surface area contributed by atoms with Gasteiger partial charge in [-0.2, -0.15) is 0 Å². The zero-order valence-electron chi connectivity index (χ0n) is 10.7. The van der Waals surface area contributed by atoms with E-state index in [1.165, 1.54) is 0 Å². The predicted molar refractivity (Wildman–Crippen MR) is 75.8 cm³/mol. The maximum absolute atomic E-state index is 9.09. The molecule has 1 aromatic carbocycles. The van der Waals surface area contributed by atoms with Crippen LogP contribution in [-0.4, -0.2) is 25.4 Å². The topological polar surface area (TPSA) is 41.5 Å². The molecule has 0 spiro atoms. The average Bonchev–Trinajstić information content (AvgIpc) is 2.34. The molecule has 0 bridgehead atoms. The molecule has 1 unspecified atom stereocenters. The molecule has 0 heterocycles. The van der Waals surface area contributed by atoms with Gasteiger partial charge < -0.3 is 15.2 Å². The van der Waals surface area contributed by atoms with Crippen LogP contribution in [0.3, 0.4) is 0 Å². The first kappa shape index (κ1) is 15.6. The van der Waals surface area contributed by atoms with Gasteiger partial charge in [-0.05, 0) is 32.0 Å². The quantitative estimate of drug-likeness (QED) is 0.809. The van der Waals surface area contributed by atoms with Crippen molar-refractivity contribution in [1.29, 1.82) is 0 Å². The zero-order chi connectivity index (χ0) is 13.5. The van der Waals surface area contributed by atoms with Crippen LogP contribution in [0.5, 0.6) is 5.75 Å². The van der Waals surface area contributed by atoms with E-state index in [0.717, 1.165) is 12.0 Å². The second-order valence-corrected chi connectivity index (χ2v) is 4.85. The fourth-order valence-electron chi connectivity index (χ4n) is 1.78. The van der Waals surface area contributed by atoms with Gasteiger partial charge in [-0.25, -0.2) is 0 Å². The molecule has 1 rings (SSSR count). The molecule has 0 fully saturated rings. The highest BCUT2D eigenvalue weighted by atomic mass is 35.5. The maximum Gasteiger partial charge on any atom is 0.142 e. The van der Waals surface area contributed by atoms with Crippen LogP contribution in [0.2, 0.25) is 10.0 Å². The molecule has 1 atom stereocenters. The molecular weight excluding hydrogens is 273 g/mol. The lowest BCUT2D eigenvalue weighted by atomic mass is 10.0. The van der Waals surface area contributed by atoms with E-state index in [4.69, 9.17) is 33.0 Å². The molecule has 0 aromatic heterocycles. The molecule has 0 saturated heterocycles. The summed E-state index contributed by atoms with van der Waals surface area (Å²) in [5.74, 6) is 0.649.